The van der Waals surface area contributed by atoms with Crippen molar-refractivity contribution < 1.29 is 39.4 Å². The van der Waals surface area contributed by atoms with Gasteiger partial charge in [0.25, 0.3) is 20.2 Å². The summed E-state index contributed by atoms with van der Waals surface area (Å²) < 4.78 is 71.7. The van der Waals surface area contributed by atoms with Crippen LogP contribution in [0, 0.1) is 0 Å². The first kappa shape index (κ1) is 20.2. The van der Waals surface area contributed by atoms with Crippen LogP contribution in [0.2, 0.25) is 0 Å². The third-order valence-electron chi connectivity index (χ3n) is 3.20. The van der Waals surface area contributed by atoms with Crippen LogP contribution in [0.5, 0.6) is 0 Å². The second-order valence-corrected chi connectivity index (χ2v) is 8.64. The fourth-order valence-electron chi connectivity index (χ4n) is 2.28. The normalized spacial score (nSPS) is 27.5. The third-order valence-corrected chi connectivity index (χ3v) is 4.31. The summed E-state index contributed by atoms with van der Waals surface area (Å²) in [5.41, 5.74) is 0.791. The van der Waals surface area contributed by atoms with Crippen LogP contribution in [0.4, 0.5) is 0 Å². The summed E-state index contributed by atoms with van der Waals surface area (Å²) in [4.78, 5) is 0. The molecule has 0 aliphatic carbocycles. The Kier molecular flexibility index (Phi) is 6.54. The van der Waals surface area contributed by atoms with Gasteiger partial charge >= 0.3 is 0 Å². The molecule has 1 aliphatic heterocycles. The van der Waals surface area contributed by atoms with Crippen molar-refractivity contribution in [2.45, 2.75) is 31.4 Å². The Labute approximate surface area is 147 Å². The van der Waals surface area contributed by atoms with Crippen molar-refractivity contribution in [2.75, 3.05) is 19.6 Å². The standard InChI is InChI=1S/C14H20O9S2/c1-19-13-12(22-24(2,15)16)11(14(21-13)23-25(3,17)18)20-9-10-7-5-4-6-8-10/h4-8,11-14H,9H2,1-3H3/t11-,12?,13?,14+/m0/s1. The second kappa shape index (κ2) is 8.08. The van der Waals surface area contributed by atoms with Gasteiger partial charge in [0.15, 0.2) is 12.4 Å². The summed E-state index contributed by atoms with van der Waals surface area (Å²) in [5, 5.41) is 0. The number of hydrogen-bond donors (Lipinski definition) is 0. The smallest absolute Gasteiger partial charge is 0.266 e. The maximum absolute atomic E-state index is 11.5. The fourth-order valence-corrected chi connectivity index (χ4v) is 3.38. The van der Waals surface area contributed by atoms with Crippen LogP contribution in [-0.4, -0.2) is 61.2 Å². The summed E-state index contributed by atoms with van der Waals surface area (Å²) in [6, 6.07) is 9.02. The Balaban J connectivity index is 2.23. The maximum Gasteiger partial charge on any atom is 0.266 e. The predicted molar refractivity (Wildman–Crippen MR) is 86.3 cm³/mol. The second-order valence-electron chi connectivity index (χ2n) is 5.44. The van der Waals surface area contributed by atoms with Gasteiger partial charge in [-0.1, -0.05) is 30.3 Å². The molecule has 0 saturated carbocycles. The van der Waals surface area contributed by atoms with Crippen LogP contribution in [0.15, 0.2) is 30.3 Å². The highest BCUT2D eigenvalue weighted by molar-refractivity contribution is 7.86. The number of benzene rings is 1. The highest BCUT2D eigenvalue weighted by atomic mass is 32.2. The molecule has 0 spiro atoms. The molecule has 2 unspecified atom stereocenters. The molecule has 11 heteroatoms. The van der Waals surface area contributed by atoms with Gasteiger partial charge in [0.2, 0.25) is 6.29 Å². The van der Waals surface area contributed by atoms with Crippen molar-refractivity contribution >= 4 is 20.2 Å². The molecule has 1 fully saturated rings. The molecule has 1 aliphatic rings. The molecule has 0 aromatic heterocycles. The van der Waals surface area contributed by atoms with E-state index in [2.05, 4.69) is 0 Å². The van der Waals surface area contributed by atoms with Gasteiger partial charge < -0.3 is 14.2 Å². The Bertz CT molecular complexity index is 761. The SMILES string of the molecule is COC1O[C@H](OS(C)(=O)=O)[C@@H](OCc2ccccc2)C1OS(C)(=O)=O. The average Bonchev–Trinajstić information content (AvgIpc) is 2.79. The number of ether oxygens (including phenoxy) is 3. The first-order chi connectivity index (χ1) is 11.6. The lowest BCUT2D eigenvalue weighted by Gasteiger charge is -2.22. The zero-order chi connectivity index (χ0) is 18.7. The minimum absolute atomic E-state index is 0.0680. The average molecular weight is 396 g/mol. The molecule has 0 radical (unpaired) electrons. The molecule has 1 aromatic carbocycles. The Hall–Kier alpha value is -1.08. The Morgan fingerprint density at radius 3 is 2.04 bits per heavy atom. The summed E-state index contributed by atoms with van der Waals surface area (Å²) in [7, 11) is -6.50. The molecule has 2 rings (SSSR count). The molecule has 1 saturated heterocycles. The molecule has 0 amide bonds. The van der Waals surface area contributed by atoms with E-state index < -0.39 is 45.0 Å². The van der Waals surface area contributed by atoms with Gasteiger partial charge in [-0.25, -0.2) is 4.18 Å². The monoisotopic (exact) mass is 396 g/mol. The largest absolute Gasteiger partial charge is 0.365 e. The zero-order valence-corrected chi connectivity index (χ0v) is 15.5. The van der Waals surface area contributed by atoms with Gasteiger partial charge in [-0.05, 0) is 5.56 Å². The number of rotatable bonds is 8. The number of hydrogen-bond acceptors (Lipinski definition) is 9. The van der Waals surface area contributed by atoms with E-state index in [0.717, 1.165) is 18.1 Å². The molecule has 1 aromatic rings. The predicted octanol–water partition coefficient (Wildman–Crippen LogP) is 0.222. The first-order valence-corrected chi connectivity index (χ1v) is 10.8. The van der Waals surface area contributed by atoms with E-state index in [9.17, 15) is 16.8 Å². The molecule has 4 atom stereocenters. The quantitative estimate of drug-likeness (QED) is 0.569. The van der Waals surface area contributed by atoms with Gasteiger partial charge in [-0.3, -0.25) is 4.18 Å². The van der Waals surface area contributed by atoms with E-state index in [1.165, 1.54) is 7.11 Å². The molecule has 1 heterocycles. The maximum atomic E-state index is 11.5. The van der Waals surface area contributed by atoms with Crippen LogP contribution >= 0.6 is 0 Å². The lowest BCUT2D eigenvalue weighted by atomic mass is 10.2. The summed E-state index contributed by atoms with van der Waals surface area (Å²) in [5.74, 6) is 0. The summed E-state index contributed by atoms with van der Waals surface area (Å²) >= 11 is 0. The van der Waals surface area contributed by atoms with Gasteiger partial charge in [-0.2, -0.15) is 16.8 Å². The zero-order valence-electron chi connectivity index (χ0n) is 13.9. The lowest BCUT2D eigenvalue weighted by Crippen LogP contribution is -2.40. The minimum Gasteiger partial charge on any atom is -0.365 e. The van der Waals surface area contributed by atoms with Crippen molar-refractivity contribution in [3.63, 3.8) is 0 Å². The molecule has 0 N–H and O–H groups in total. The molecule has 142 valence electrons. The molecular weight excluding hydrogens is 376 g/mol. The minimum atomic E-state index is -3.89. The molecule has 9 nitrogen and oxygen atoms in total. The van der Waals surface area contributed by atoms with Gasteiger partial charge in [0, 0.05) is 7.11 Å². The third kappa shape index (κ3) is 6.29. The van der Waals surface area contributed by atoms with Crippen LogP contribution < -0.4 is 0 Å². The Morgan fingerprint density at radius 2 is 1.52 bits per heavy atom. The van der Waals surface area contributed by atoms with E-state index in [1.807, 2.05) is 6.07 Å². The van der Waals surface area contributed by atoms with Crippen molar-refractivity contribution in [2.24, 2.45) is 0 Å². The summed E-state index contributed by atoms with van der Waals surface area (Å²) in [6.07, 6.45) is -3.25. The van der Waals surface area contributed by atoms with Crippen molar-refractivity contribution in [3.8, 4) is 0 Å². The topological polar surface area (TPSA) is 114 Å². The van der Waals surface area contributed by atoms with Crippen LogP contribution in [0.1, 0.15) is 5.56 Å². The van der Waals surface area contributed by atoms with E-state index >= 15 is 0 Å². The van der Waals surface area contributed by atoms with Crippen LogP contribution in [0.3, 0.4) is 0 Å². The van der Waals surface area contributed by atoms with E-state index in [-0.39, 0.29) is 6.61 Å². The summed E-state index contributed by atoms with van der Waals surface area (Å²) in [6.45, 7) is 0.0680. The Morgan fingerprint density at radius 1 is 0.920 bits per heavy atom. The van der Waals surface area contributed by atoms with E-state index in [1.54, 1.807) is 24.3 Å². The molecule has 25 heavy (non-hydrogen) atoms. The van der Waals surface area contributed by atoms with Crippen LogP contribution in [0.25, 0.3) is 0 Å². The first-order valence-electron chi connectivity index (χ1n) is 7.19. The van der Waals surface area contributed by atoms with Gasteiger partial charge in [-0.15, -0.1) is 0 Å². The van der Waals surface area contributed by atoms with E-state index in [0.29, 0.717) is 0 Å². The molecular formula is C14H20O9S2. The highest BCUT2D eigenvalue weighted by Gasteiger charge is 2.50. The number of methoxy groups -OCH3 is 1. The highest BCUT2D eigenvalue weighted by Crippen LogP contribution is 2.30. The van der Waals surface area contributed by atoms with Crippen molar-refractivity contribution in [1.82, 2.24) is 0 Å². The van der Waals surface area contributed by atoms with Crippen molar-refractivity contribution in [3.05, 3.63) is 35.9 Å². The van der Waals surface area contributed by atoms with Gasteiger partial charge in [0.1, 0.15) is 6.10 Å². The van der Waals surface area contributed by atoms with Crippen molar-refractivity contribution in [1.29, 1.82) is 0 Å². The fraction of sp³-hybridized carbons (Fsp3) is 0.571. The van der Waals surface area contributed by atoms with E-state index in [4.69, 9.17) is 22.6 Å². The molecule has 0 bridgehead atoms. The lowest BCUT2D eigenvalue weighted by molar-refractivity contribution is -0.184. The van der Waals surface area contributed by atoms with Crippen LogP contribution in [-0.2, 0) is 49.4 Å². The van der Waals surface area contributed by atoms with Gasteiger partial charge in [0.05, 0.1) is 19.1 Å².